The highest BCUT2D eigenvalue weighted by atomic mass is 32.2. The van der Waals surface area contributed by atoms with Crippen molar-refractivity contribution in [2.45, 2.75) is 103 Å². The molecule has 0 spiro atoms. The first-order chi connectivity index (χ1) is 20.7. The van der Waals surface area contributed by atoms with Crippen LogP contribution in [0.15, 0.2) is 53.4 Å². The number of benzene rings is 2. The van der Waals surface area contributed by atoms with Crippen molar-refractivity contribution >= 4 is 22.9 Å². The second-order valence-corrected chi connectivity index (χ2v) is 14.5. The summed E-state index contributed by atoms with van der Waals surface area (Å²) in [5, 5.41) is 3.20. The SMILES string of the molecule is CCC(=O)NC1(C)CC(N(Cc2cccc(S(=O)O)c2)[C@@H](COc2cc(-c3c(C)cccc3C)nc(N)n2)CC(C)(C)C)C1. The van der Waals surface area contributed by atoms with Gasteiger partial charge in [-0.25, -0.2) is 9.19 Å². The second-order valence-electron chi connectivity index (χ2n) is 13.5. The maximum absolute atomic E-state index is 12.2. The number of nitrogens with two attached hydrogens (primary N) is 1. The molecular weight excluding hydrogens is 574 g/mol. The lowest BCUT2D eigenvalue weighted by Crippen LogP contribution is -2.63. The molecule has 3 aromatic rings. The molecular formula is C34H47N5O4S. The first-order valence-corrected chi connectivity index (χ1v) is 16.4. The van der Waals surface area contributed by atoms with Crippen LogP contribution in [0.5, 0.6) is 5.88 Å². The Balaban J connectivity index is 1.65. The van der Waals surface area contributed by atoms with Gasteiger partial charge >= 0.3 is 0 Å². The lowest BCUT2D eigenvalue weighted by atomic mass is 9.72. The van der Waals surface area contributed by atoms with E-state index in [4.69, 9.17) is 10.5 Å². The predicted molar refractivity (Wildman–Crippen MR) is 176 cm³/mol. The lowest BCUT2D eigenvalue weighted by Gasteiger charge is -2.53. The van der Waals surface area contributed by atoms with Crippen LogP contribution in [0.25, 0.3) is 11.3 Å². The van der Waals surface area contributed by atoms with E-state index < -0.39 is 11.1 Å². The van der Waals surface area contributed by atoms with Crippen LogP contribution in [0.4, 0.5) is 5.95 Å². The fraction of sp³-hybridized carbons (Fsp3) is 0.500. The van der Waals surface area contributed by atoms with Gasteiger partial charge in [0.25, 0.3) is 0 Å². The Morgan fingerprint density at radius 2 is 1.82 bits per heavy atom. The number of aromatic nitrogens is 2. The number of aryl methyl sites for hydroxylation is 2. The molecule has 2 atom stereocenters. The lowest BCUT2D eigenvalue weighted by molar-refractivity contribution is -0.125. The maximum atomic E-state index is 12.2. The zero-order valence-electron chi connectivity index (χ0n) is 27.0. The number of hydrogen-bond acceptors (Lipinski definition) is 7. The monoisotopic (exact) mass is 621 g/mol. The summed E-state index contributed by atoms with van der Waals surface area (Å²) in [7, 11) is 0. The summed E-state index contributed by atoms with van der Waals surface area (Å²) in [6.45, 7) is 15.6. The van der Waals surface area contributed by atoms with Gasteiger partial charge in [0.1, 0.15) is 6.61 Å². The third-order valence-corrected chi connectivity index (χ3v) is 8.92. The van der Waals surface area contributed by atoms with Crippen LogP contribution in [0.3, 0.4) is 0 Å². The van der Waals surface area contributed by atoms with Crippen LogP contribution in [0.1, 0.15) is 77.0 Å². The Kier molecular flexibility index (Phi) is 10.5. The van der Waals surface area contributed by atoms with E-state index >= 15 is 0 Å². The van der Waals surface area contributed by atoms with Crippen molar-refractivity contribution < 1.29 is 18.3 Å². The van der Waals surface area contributed by atoms with Crippen molar-refractivity contribution in [3.8, 4) is 17.1 Å². The van der Waals surface area contributed by atoms with Gasteiger partial charge in [-0.15, -0.1) is 0 Å². The molecule has 4 N–H and O–H groups in total. The minimum absolute atomic E-state index is 0.0156. The maximum Gasteiger partial charge on any atom is 0.223 e. The molecule has 0 saturated heterocycles. The molecule has 1 saturated carbocycles. The van der Waals surface area contributed by atoms with Crippen molar-refractivity contribution in [2.24, 2.45) is 5.41 Å². The number of nitrogens with zero attached hydrogens (tertiary/aromatic N) is 3. The quantitative estimate of drug-likeness (QED) is 0.208. The number of ether oxygens (including phenoxy) is 1. The fourth-order valence-electron chi connectivity index (χ4n) is 6.29. The fourth-order valence-corrected chi connectivity index (χ4v) is 6.73. The topological polar surface area (TPSA) is 131 Å². The summed E-state index contributed by atoms with van der Waals surface area (Å²) < 4.78 is 28.0. The molecule has 4 rings (SSSR count). The molecule has 9 nitrogen and oxygen atoms in total. The molecule has 1 unspecified atom stereocenters. The van der Waals surface area contributed by atoms with E-state index in [-0.39, 0.29) is 34.9 Å². The molecule has 1 fully saturated rings. The number of carbonyl (C=O) groups excluding carboxylic acids is 1. The molecule has 238 valence electrons. The van der Waals surface area contributed by atoms with Gasteiger partial charge in [-0.2, -0.15) is 4.98 Å². The smallest absolute Gasteiger partial charge is 0.223 e. The Morgan fingerprint density at radius 3 is 2.43 bits per heavy atom. The van der Waals surface area contributed by atoms with Crippen molar-refractivity contribution in [1.29, 1.82) is 0 Å². The first-order valence-electron chi connectivity index (χ1n) is 15.3. The van der Waals surface area contributed by atoms with Gasteiger partial charge in [-0.05, 0) is 74.3 Å². The molecule has 0 bridgehead atoms. The van der Waals surface area contributed by atoms with Crippen molar-refractivity contribution in [1.82, 2.24) is 20.2 Å². The van der Waals surface area contributed by atoms with Gasteiger partial charge in [0.15, 0.2) is 11.1 Å². The van der Waals surface area contributed by atoms with Crippen LogP contribution in [-0.4, -0.2) is 53.8 Å². The molecule has 10 heteroatoms. The third-order valence-electron chi connectivity index (χ3n) is 8.27. The van der Waals surface area contributed by atoms with E-state index in [9.17, 15) is 13.6 Å². The number of nitrogens with one attached hydrogen (secondary N) is 1. The van der Waals surface area contributed by atoms with E-state index in [1.165, 1.54) is 0 Å². The Morgan fingerprint density at radius 1 is 1.16 bits per heavy atom. The average molecular weight is 622 g/mol. The van der Waals surface area contributed by atoms with E-state index in [0.717, 1.165) is 47.2 Å². The van der Waals surface area contributed by atoms with Crippen LogP contribution >= 0.6 is 0 Å². The van der Waals surface area contributed by atoms with E-state index in [1.54, 1.807) is 12.1 Å². The second kappa shape index (κ2) is 13.7. The molecule has 1 aliphatic rings. The Hall–Kier alpha value is -3.34. The summed E-state index contributed by atoms with van der Waals surface area (Å²) in [4.78, 5) is 24.0. The largest absolute Gasteiger partial charge is 0.476 e. The molecule has 2 aromatic carbocycles. The van der Waals surface area contributed by atoms with Gasteiger partial charge in [0.05, 0.1) is 10.6 Å². The highest BCUT2D eigenvalue weighted by molar-refractivity contribution is 7.79. The minimum Gasteiger partial charge on any atom is -0.476 e. The zero-order chi connectivity index (χ0) is 32.2. The molecule has 1 heterocycles. The van der Waals surface area contributed by atoms with Crippen LogP contribution in [0.2, 0.25) is 0 Å². The molecule has 1 aromatic heterocycles. The van der Waals surface area contributed by atoms with E-state index in [0.29, 0.717) is 30.3 Å². The zero-order valence-corrected chi connectivity index (χ0v) is 27.8. The number of anilines is 1. The van der Waals surface area contributed by atoms with Crippen LogP contribution in [-0.2, 0) is 22.4 Å². The Bertz CT molecular complexity index is 1480. The number of amides is 1. The average Bonchev–Trinajstić information content (AvgIpc) is 2.92. The normalized spacial score (nSPS) is 19.7. The predicted octanol–water partition coefficient (Wildman–Crippen LogP) is 6.06. The molecule has 44 heavy (non-hydrogen) atoms. The summed E-state index contributed by atoms with van der Waals surface area (Å²) >= 11 is -2.07. The van der Waals surface area contributed by atoms with Gasteiger partial charge in [-0.1, -0.05) is 58.0 Å². The summed E-state index contributed by atoms with van der Waals surface area (Å²) in [6.07, 6.45) is 2.86. The van der Waals surface area contributed by atoms with Gasteiger partial charge < -0.3 is 20.3 Å². The Labute approximate surface area is 264 Å². The highest BCUT2D eigenvalue weighted by Crippen LogP contribution is 2.39. The van der Waals surface area contributed by atoms with Crippen LogP contribution < -0.4 is 15.8 Å². The van der Waals surface area contributed by atoms with Gasteiger partial charge in [0.2, 0.25) is 17.7 Å². The summed E-state index contributed by atoms with van der Waals surface area (Å²) in [6, 6.07) is 15.4. The first kappa shape index (κ1) is 33.6. The summed E-state index contributed by atoms with van der Waals surface area (Å²) in [5.41, 5.74) is 10.8. The molecule has 0 radical (unpaired) electrons. The number of carbonyl (C=O) groups is 1. The number of rotatable bonds is 12. The van der Waals surface area contributed by atoms with E-state index in [1.807, 2.05) is 31.2 Å². The molecule has 0 aliphatic heterocycles. The van der Waals surface area contributed by atoms with E-state index in [2.05, 4.69) is 73.9 Å². The molecule has 1 amide bonds. The standard InChI is InChI=1S/C34H47N5O4S/c1-8-29(40)38-34(7)18-25(19-34)39(20-24-13-10-14-27(15-24)44(41)42)26(17-33(4,5)6)21-43-30-16-28(36-32(35)37-30)31-22(2)11-9-12-23(31)3/h9-16,25-26H,8,17-21H2,1-7H3,(H,38,40)(H,41,42)(H2,35,36,37)/t25?,26-,34?/m1/s1. The summed E-state index contributed by atoms with van der Waals surface area (Å²) in [5.74, 6) is 0.617. The van der Waals surface area contributed by atoms with Crippen molar-refractivity contribution in [3.05, 3.63) is 65.2 Å². The minimum atomic E-state index is -2.07. The van der Waals surface area contributed by atoms with Crippen molar-refractivity contribution in [3.63, 3.8) is 0 Å². The van der Waals surface area contributed by atoms with Crippen LogP contribution in [0, 0.1) is 19.3 Å². The number of hydrogen-bond donors (Lipinski definition) is 3. The van der Waals surface area contributed by atoms with Gasteiger partial charge in [-0.3, -0.25) is 9.69 Å². The third kappa shape index (κ3) is 8.64. The van der Waals surface area contributed by atoms with Crippen molar-refractivity contribution in [2.75, 3.05) is 12.3 Å². The van der Waals surface area contributed by atoms with Gasteiger partial charge in [0, 0.05) is 42.2 Å². The highest BCUT2D eigenvalue weighted by Gasteiger charge is 2.46. The number of nitrogen functional groups attached to an aromatic ring is 1. The molecule has 1 aliphatic carbocycles.